The molecule has 0 saturated heterocycles. The molecule has 0 aliphatic rings. The average molecular weight is 236 g/mol. The van der Waals surface area contributed by atoms with Crippen LogP contribution in [0.3, 0.4) is 0 Å². The Morgan fingerprint density at radius 3 is 2.88 bits per heavy atom. The Hall–Kier alpha value is -1.54. The third-order valence-electron chi connectivity index (χ3n) is 2.05. The highest BCUT2D eigenvalue weighted by atomic mass is 35.5. The predicted octanol–water partition coefficient (Wildman–Crippen LogP) is 3.86. The number of benzene rings is 2. The van der Waals surface area contributed by atoms with Gasteiger partial charge in [-0.15, -0.1) is 0 Å². The molecule has 0 aliphatic carbocycles. The summed E-state index contributed by atoms with van der Waals surface area (Å²) in [6.45, 7) is 0.287. The highest BCUT2D eigenvalue weighted by Crippen LogP contribution is 2.17. The van der Waals surface area contributed by atoms with Gasteiger partial charge in [0.2, 0.25) is 0 Å². The van der Waals surface area contributed by atoms with Gasteiger partial charge in [0.15, 0.2) is 11.6 Å². The molecule has 0 atom stereocenters. The zero-order chi connectivity index (χ0) is 11.4. The van der Waals surface area contributed by atoms with Crippen molar-refractivity contribution in [3.8, 4) is 5.75 Å². The molecule has 2 aromatic rings. The Morgan fingerprint density at radius 1 is 1.25 bits per heavy atom. The summed E-state index contributed by atoms with van der Waals surface area (Å²) in [6.07, 6.45) is 0. The maximum Gasteiger partial charge on any atom is 0.172 e. The Bertz CT molecular complexity index is 485. The molecular weight excluding hydrogens is 227 g/mol. The molecule has 0 aromatic heterocycles. The minimum Gasteiger partial charge on any atom is -0.486 e. The van der Waals surface area contributed by atoms with Crippen molar-refractivity contribution in [3.63, 3.8) is 0 Å². The third-order valence-corrected chi connectivity index (χ3v) is 2.29. The van der Waals surface area contributed by atoms with Crippen LogP contribution in [0.2, 0.25) is 5.02 Å². The maximum atomic E-state index is 13.2. The van der Waals surface area contributed by atoms with Crippen LogP contribution < -0.4 is 4.74 Å². The standard InChI is InChI=1S/C13H9ClFO/c14-11-5-3-4-10(8-11)9-16-13-7-2-1-6-12(13)15/h1-5,7-8H,9H2. The lowest BCUT2D eigenvalue weighted by molar-refractivity contribution is 0.290. The molecule has 0 saturated carbocycles. The molecule has 0 fully saturated rings. The largest absolute Gasteiger partial charge is 0.486 e. The molecule has 0 aliphatic heterocycles. The van der Waals surface area contributed by atoms with Gasteiger partial charge < -0.3 is 4.74 Å². The van der Waals surface area contributed by atoms with Crippen molar-refractivity contribution in [2.45, 2.75) is 6.61 Å². The van der Waals surface area contributed by atoms with Crippen LogP contribution in [0.25, 0.3) is 0 Å². The van der Waals surface area contributed by atoms with Gasteiger partial charge in [0.1, 0.15) is 6.61 Å². The van der Waals surface area contributed by atoms with E-state index in [2.05, 4.69) is 6.07 Å². The summed E-state index contributed by atoms with van der Waals surface area (Å²) in [7, 11) is 0. The fourth-order valence-corrected chi connectivity index (χ4v) is 1.51. The number of ether oxygens (including phenoxy) is 1. The lowest BCUT2D eigenvalue weighted by atomic mass is 10.2. The van der Waals surface area contributed by atoms with E-state index in [1.165, 1.54) is 6.07 Å². The Morgan fingerprint density at radius 2 is 2.12 bits per heavy atom. The lowest BCUT2D eigenvalue weighted by Crippen LogP contribution is -1.97. The molecule has 0 spiro atoms. The van der Waals surface area contributed by atoms with Crippen LogP contribution in [0.15, 0.2) is 42.5 Å². The van der Waals surface area contributed by atoms with Gasteiger partial charge in [0.05, 0.1) is 0 Å². The van der Waals surface area contributed by atoms with Gasteiger partial charge in [0, 0.05) is 11.1 Å². The van der Waals surface area contributed by atoms with Gasteiger partial charge in [-0.05, 0) is 23.8 Å². The van der Waals surface area contributed by atoms with Crippen LogP contribution in [0.1, 0.15) is 5.56 Å². The second-order valence-corrected chi connectivity index (χ2v) is 3.70. The first kappa shape index (κ1) is 11.0. The molecule has 1 radical (unpaired) electrons. The predicted molar refractivity (Wildman–Crippen MR) is 61.0 cm³/mol. The summed E-state index contributed by atoms with van der Waals surface area (Å²) in [5.74, 6) is -0.285. The van der Waals surface area contributed by atoms with Crippen LogP contribution in [0, 0.1) is 11.9 Å². The van der Waals surface area contributed by atoms with Crippen molar-refractivity contribution in [2.24, 2.45) is 0 Å². The van der Waals surface area contributed by atoms with Gasteiger partial charge in [-0.2, -0.15) is 0 Å². The summed E-state index contributed by atoms with van der Waals surface area (Å²) in [6, 6.07) is 14.4. The van der Waals surface area contributed by atoms with Crippen LogP contribution in [-0.2, 0) is 6.61 Å². The van der Waals surface area contributed by atoms with Crippen molar-refractivity contribution >= 4 is 11.6 Å². The van der Waals surface area contributed by atoms with E-state index >= 15 is 0 Å². The van der Waals surface area contributed by atoms with E-state index in [-0.39, 0.29) is 12.4 Å². The fourth-order valence-electron chi connectivity index (χ4n) is 1.30. The molecule has 16 heavy (non-hydrogen) atoms. The number of rotatable bonds is 3. The second kappa shape index (κ2) is 4.99. The zero-order valence-corrected chi connectivity index (χ0v) is 9.17. The quantitative estimate of drug-likeness (QED) is 0.785. The Labute approximate surface area is 98.4 Å². The molecule has 2 aromatic carbocycles. The van der Waals surface area contributed by atoms with E-state index in [4.69, 9.17) is 16.3 Å². The summed E-state index contributed by atoms with van der Waals surface area (Å²) in [5.41, 5.74) is 0.899. The van der Waals surface area contributed by atoms with Crippen LogP contribution >= 0.6 is 11.6 Å². The smallest absolute Gasteiger partial charge is 0.172 e. The highest BCUT2D eigenvalue weighted by molar-refractivity contribution is 6.30. The SMILES string of the molecule is Fc1[c]cccc1OCc1cccc(Cl)c1. The molecule has 0 unspecified atom stereocenters. The molecule has 0 N–H and O–H groups in total. The third kappa shape index (κ3) is 2.74. The molecule has 1 nitrogen and oxygen atoms in total. The first-order valence-electron chi connectivity index (χ1n) is 4.79. The molecule has 3 heteroatoms. The van der Waals surface area contributed by atoms with Crippen molar-refractivity contribution in [1.29, 1.82) is 0 Å². The number of hydrogen-bond donors (Lipinski definition) is 0. The maximum absolute atomic E-state index is 13.2. The number of halogens is 2. The van der Waals surface area contributed by atoms with Crippen molar-refractivity contribution in [2.75, 3.05) is 0 Å². The molecule has 0 heterocycles. The summed E-state index contributed by atoms with van der Waals surface area (Å²) < 4.78 is 18.5. The zero-order valence-electron chi connectivity index (χ0n) is 8.41. The first-order valence-corrected chi connectivity index (χ1v) is 5.17. The summed E-state index contributed by atoms with van der Waals surface area (Å²) in [4.78, 5) is 0. The van der Waals surface area contributed by atoms with E-state index in [1.54, 1.807) is 24.3 Å². The minimum atomic E-state index is -0.482. The molecule has 81 valence electrons. The first-order chi connectivity index (χ1) is 7.75. The van der Waals surface area contributed by atoms with Gasteiger partial charge in [-0.1, -0.05) is 35.9 Å². The monoisotopic (exact) mass is 235 g/mol. The van der Waals surface area contributed by atoms with E-state index in [0.717, 1.165) is 5.56 Å². The van der Waals surface area contributed by atoms with Crippen molar-refractivity contribution < 1.29 is 9.13 Å². The van der Waals surface area contributed by atoms with Gasteiger partial charge in [-0.25, -0.2) is 4.39 Å². The van der Waals surface area contributed by atoms with Crippen LogP contribution in [0.4, 0.5) is 4.39 Å². The van der Waals surface area contributed by atoms with E-state index < -0.39 is 5.82 Å². The highest BCUT2D eigenvalue weighted by Gasteiger charge is 2.02. The van der Waals surface area contributed by atoms with Crippen molar-refractivity contribution in [1.82, 2.24) is 0 Å². The normalized spacial score (nSPS) is 10.1. The average Bonchev–Trinajstić information content (AvgIpc) is 2.28. The Balaban J connectivity index is 2.05. The van der Waals surface area contributed by atoms with Crippen molar-refractivity contribution in [3.05, 3.63) is 64.9 Å². The van der Waals surface area contributed by atoms with Crippen LogP contribution in [0.5, 0.6) is 5.75 Å². The van der Waals surface area contributed by atoms with E-state index in [0.29, 0.717) is 5.02 Å². The minimum absolute atomic E-state index is 0.197. The summed E-state index contributed by atoms with van der Waals surface area (Å²) >= 11 is 5.82. The molecule has 0 amide bonds. The fraction of sp³-hybridized carbons (Fsp3) is 0.0769. The van der Waals surface area contributed by atoms with E-state index in [9.17, 15) is 4.39 Å². The van der Waals surface area contributed by atoms with E-state index in [1.807, 2.05) is 12.1 Å². The van der Waals surface area contributed by atoms with Crippen LogP contribution in [-0.4, -0.2) is 0 Å². The second-order valence-electron chi connectivity index (χ2n) is 3.27. The van der Waals surface area contributed by atoms with Gasteiger partial charge in [0.25, 0.3) is 0 Å². The van der Waals surface area contributed by atoms with Gasteiger partial charge >= 0.3 is 0 Å². The number of hydrogen-bond acceptors (Lipinski definition) is 1. The topological polar surface area (TPSA) is 9.23 Å². The van der Waals surface area contributed by atoms with Gasteiger partial charge in [-0.3, -0.25) is 0 Å². The Kier molecular flexibility index (Phi) is 3.42. The molecule has 2 rings (SSSR count). The molecular formula is C13H9ClFO. The lowest BCUT2D eigenvalue weighted by Gasteiger charge is -2.06. The summed E-state index contributed by atoms with van der Waals surface area (Å²) in [5, 5.41) is 0.640. The molecule has 0 bridgehead atoms.